The summed E-state index contributed by atoms with van der Waals surface area (Å²) < 4.78 is 25.0. The number of nitrogens with one attached hydrogen (secondary N) is 1. The third-order valence-electron chi connectivity index (χ3n) is 4.89. The Hall–Kier alpha value is -1.11. The first-order valence-corrected chi connectivity index (χ1v) is 9.95. The van der Waals surface area contributed by atoms with Crippen LogP contribution in [-0.4, -0.2) is 44.0 Å². The van der Waals surface area contributed by atoms with Crippen molar-refractivity contribution in [3.05, 3.63) is 34.9 Å². The van der Waals surface area contributed by atoms with Crippen LogP contribution < -0.4 is 5.32 Å². The fourth-order valence-electron chi connectivity index (χ4n) is 3.35. The van der Waals surface area contributed by atoms with E-state index in [0.29, 0.717) is 31.1 Å². The first-order valence-electron chi connectivity index (χ1n) is 7.96. The normalized spacial score (nSPS) is 22.5. The molecule has 3 rings (SSSR count). The number of carbonyl (C=O) groups is 1. The SMILES string of the molecule is O=C(NCCN1CCCS1(=O)=O)C1(c2ccc(Cl)cc2)CCC1. The summed E-state index contributed by atoms with van der Waals surface area (Å²) in [5, 5.41) is 3.58. The van der Waals surface area contributed by atoms with E-state index in [1.165, 1.54) is 4.31 Å². The van der Waals surface area contributed by atoms with Gasteiger partial charge in [-0.2, -0.15) is 0 Å². The molecule has 0 bridgehead atoms. The molecule has 1 saturated carbocycles. The molecule has 1 heterocycles. The van der Waals surface area contributed by atoms with Gasteiger partial charge in [0.05, 0.1) is 11.2 Å². The Bertz CT molecular complexity index is 684. The van der Waals surface area contributed by atoms with Crippen molar-refractivity contribution < 1.29 is 13.2 Å². The molecule has 1 N–H and O–H groups in total. The minimum Gasteiger partial charge on any atom is -0.354 e. The molecule has 7 heteroatoms. The van der Waals surface area contributed by atoms with Crippen molar-refractivity contribution in [2.45, 2.75) is 31.1 Å². The van der Waals surface area contributed by atoms with Crippen LogP contribution in [0.2, 0.25) is 5.02 Å². The van der Waals surface area contributed by atoms with E-state index in [1.807, 2.05) is 12.1 Å². The highest BCUT2D eigenvalue weighted by molar-refractivity contribution is 7.89. The number of hydrogen-bond acceptors (Lipinski definition) is 3. The summed E-state index contributed by atoms with van der Waals surface area (Å²) in [6, 6.07) is 7.43. The second-order valence-electron chi connectivity index (χ2n) is 6.27. The van der Waals surface area contributed by atoms with Gasteiger partial charge in [0.1, 0.15) is 0 Å². The number of carbonyl (C=O) groups excluding carboxylic acids is 1. The van der Waals surface area contributed by atoms with E-state index in [2.05, 4.69) is 5.32 Å². The van der Waals surface area contributed by atoms with Crippen molar-refractivity contribution in [1.82, 2.24) is 9.62 Å². The fourth-order valence-corrected chi connectivity index (χ4v) is 5.01. The van der Waals surface area contributed by atoms with E-state index in [0.717, 1.165) is 24.8 Å². The summed E-state index contributed by atoms with van der Waals surface area (Å²) >= 11 is 5.92. The lowest BCUT2D eigenvalue weighted by atomic mass is 9.64. The average Bonchev–Trinajstić information content (AvgIpc) is 2.79. The van der Waals surface area contributed by atoms with Crippen LogP contribution >= 0.6 is 11.6 Å². The van der Waals surface area contributed by atoms with E-state index < -0.39 is 15.4 Å². The zero-order valence-corrected chi connectivity index (χ0v) is 14.5. The van der Waals surface area contributed by atoms with Crippen LogP contribution in [0.25, 0.3) is 0 Å². The Kier molecular flexibility index (Phi) is 4.67. The molecule has 0 atom stereocenters. The molecule has 0 spiro atoms. The van der Waals surface area contributed by atoms with Gasteiger partial charge in [0.25, 0.3) is 0 Å². The first-order chi connectivity index (χ1) is 10.9. The quantitative estimate of drug-likeness (QED) is 0.876. The van der Waals surface area contributed by atoms with Crippen molar-refractivity contribution in [3.8, 4) is 0 Å². The van der Waals surface area contributed by atoms with Crippen LogP contribution in [0, 0.1) is 0 Å². The largest absolute Gasteiger partial charge is 0.354 e. The molecule has 126 valence electrons. The van der Waals surface area contributed by atoms with Gasteiger partial charge in [0, 0.05) is 24.7 Å². The van der Waals surface area contributed by atoms with E-state index in [1.54, 1.807) is 12.1 Å². The topological polar surface area (TPSA) is 66.5 Å². The molecule has 1 aromatic rings. The molecule has 5 nitrogen and oxygen atoms in total. The lowest BCUT2D eigenvalue weighted by Crippen LogP contribution is -2.50. The Morgan fingerprint density at radius 2 is 1.91 bits per heavy atom. The van der Waals surface area contributed by atoms with E-state index in [-0.39, 0.29) is 11.7 Å². The van der Waals surface area contributed by atoms with Crippen LogP contribution in [0.3, 0.4) is 0 Å². The number of halogens is 1. The number of sulfonamides is 1. The molecule has 2 fully saturated rings. The fraction of sp³-hybridized carbons (Fsp3) is 0.562. The Morgan fingerprint density at radius 3 is 2.43 bits per heavy atom. The van der Waals surface area contributed by atoms with Crippen LogP contribution in [0.5, 0.6) is 0 Å². The maximum absolute atomic E-state index is 12.7. The van der Waals surface area contributed by atoms with Crippen LogP contribution in [0.4, 0.5) is 0 Å². The summed E-state index contributed by atoms with van der Waals surface area (Å²) in [7, 11) is -3.10. The third-order valence-corrected chi connectivity index (χ3v) is 7.10. The van der Waals surface area contributed by atoms with Gasteiger partial charge in [-0.15, -0.1) is 0 Å². The molecule has 1 saturated heterocycles. The maximum Gasteiger partial charge on any atom is 0.230 e. The van der Waals surface area contributed by atoms with Gasteiger partial charge in [-0.1, -0.05) is 30.2 Å². The molecule has 2 aliphatic rings. The average molecular weight is 357 g/mol. The van der Waals surface area contributed by atoms with Gasteiger partial charge in [-0.05, 0) is 37.0 Å². The van der Waals surface area contributed by atoms with Crippen LogP contribution in [0.15, 0.2) is 24.3 Å². The van der Waals surface area contributed by atoms with E-state index in [9.17, 15) is 13.2 Å². The van der Waals surface area contributed by atoms with E-state index >= 15 is 0 Å². The number of amides is 1. The highest BCUT2D eigenvalue weighted by Gasteiger charge is 2.45. The number of benzene rings is 1. The zero-order chi connectivity index (χ0) is 16.5. The molecule has 23 heavy (non-hydrogen) atoms. The van der Waals surface area contributed by atoms with Gasteiger partial charge in [0.2, 0.25) is 15.9 Å². The molecular formula is C16H21ClN2O3S. The highest BCUT2D eigenvalue weighted by atomic mass is 35.5. The lowest BCUT2D eigenvalue weighted by Gasteiger charge is -2.40. The molecule has 1 aliphatic heterocycles. The number of hydrogen-bond donors (Lipinski definition) is 1. The molecule has 1 aliphatic carbocycles. The second-order valence-corrected chi connectivity index (χ2v) is 8.79. The molecule has 1 amide bonds. The van der Waals surface area contributed by atoms with Crippen molar-refractivity contribution >= 4 is 27.5 Å². The van der Waals surface area contributed by atoms with Gasteiger partial charge in [-0.25, -0.2) is 12.7 Å². The smallest absolute Gasteiger partial charge is 0.230 e. The zero-order valence-electron chi connectivity index (χ0n) is 12.9. The molecule has 0 radical (unpaired) electrons. The van der Waals surface area contributed by atoms with Crippen molar-refractivity contribution in [2.24, 2.45) is 0 Å². The number of nitrogens with zero attached hydrogens (tertiary/aromatic N) is 1. The van der Waals surface area contributed by atoms with E-state index in [4.69, 9.17) is 11.6 Å². The summed E-state index contributed by atoms with van der Waals surface area (Å²) in [6.07, 6.45) is 3.34. The molecule has 1 aromatic carbocycles. The van der Waals surface area contributed by atoms with Crippen LogP contribution in [-0.2, 0) is 20.2 Å². The standard InChI is InChI=1S/C16H21ClN2O3S/c17-14-5-3-13(4-6-14)16(7-1-8-16)15(20)18-9-11-19-10-2-12-23(19,21)22/h3-6H,1-2,7-12H2,(H,18,20). The first kappa shape index (κ1) is 16.7. The van der Waals surface area contributed by atoms with Gasteiger partial charge in [-0.3, -0.25) is 4.79 Å². The summed E-state index contributed by atoms with van der Waals surface area (Å²) in [4.78, 5) is 12.7. The third kappa shape index (κ3) is 3.25. The second kappa shape index (κ2) is 6.42. The summed E-state index contributed by atoms with van der Waals surface area (Å²) in [5.74, 6) is 0.206. The lowest BCUT2D eigenvalue weighted by molar-refractivity contribution is -0.129. The minimum atomic E-state index is -3.10. The highest BCUT2D eigenvalue weighted by Crippen LogP contribution is 2.44. The molecule has 0 unspecified atom stereocenters. The van der Waals surface area contributed by atoms with Gasteiger partial charge >= 0.3 is 0 Å². The van der Waals surface area contributed by atoms with Gasteiger partial charge < -0.3 is 5.32 Å². The molecule has 0 aromatic heterocycles. The van der Waals surface area contributed by atoms with Crippen LogP contribution in [0.1, 0.15) is 31.2 Å². The Labute approximate surface area is 142 Å². The minimum absolute atomic E-state index is 0.0114. The predicted molar refractivity (Wildman–Crippen MR) is 90.0 cm³/mol. The maximum atomic E-state index is 12.7. The Morgan fingerprint density at radius 1 is 1.22 bits per heavy atom. The predicted octanol–water partition coefficient (Wildman–Crippen LogP) is 1.91. The van der Waals surface area contributed by atoms with Crippen molar-refractivity contribution in [1.29, 1.82) is 0 Å². The summed E-state index contributed by atoms with van der Waals surface area (Å²) in [6.45, 7) is 1.26. The van der Waals surface area contributed by atoms with Crippen molar-refractivity contribution in [3.63, 3.8) is 0 Å². The van der Waals surface area contributed by atoms with Gasteiger partial charge in [0.15, 0.2) is 0 Å². The molecular weight excluding hydrogens is 336 g/mol. The summed E-state index contributed by atoms with van der Waals surface area (Å²) in [5.41, 5.74) is 0.508. The number of rotatable bonds is 5. The Balaban J connectivity index is 1.61. The monoisotopic (exact) mass is 356 g/mol. The van der Waals surface area contributed by atoms with Crippen molar-refractivity contribution in [2.75, 3.05) is 25.4 Å².